The molecule has 1 rings (SSSR count). The molecule has 18 heavy (non-hydrogen) atoms. The number of rotatable bonds is 3. The minimum absolute atomic E-state index is 0.317. The minimum atomic E-state index is -4.51. The molecule has 0 atom stereocenters. The van der Waals surface area contributed by atoms with Gasteiger partial charge in [-0.25, -0.2) is 0 Å². The Kier molecular flexibility index (Phi) is 4.55. The van der Waals surface area contributed by atoms with Crippen LogP contribution in [-0.4, -0.2) is 23.2 Å². The van der Waals surface area contributed by atoms with E-state index in [1.807, 2.05) is 0 Å². The first-order valence-electron chi connectivity index (χ1n) is 4.99. The number of aryl methyl sites for hydroxylation is 1. The van der Waals surface area contributed by atoms with Gasteiger partial charge in [-0.15, -0.1) is 0 Å². The number of carbonyl (C=O) groups is 1. The summed E-state index contributed by atoms with van der Waals surface area (Å²) in [6.45, 7) is 0.535. The van der Waals surface area contributed by atoms with Gasteiger partial charge < -0.3 is 9.88 Å². The molecule has 0 saturated heterocycles. The Bertz CT molecular complexity index is 511. The molecule has 0 radical (unpaired) electrons. The van der Waals surface area contributed by atoms with Crippen LogP contribution < -0.4 is 10.9 Å². The smallest absolute Gasteiger partial charge is 0.343 e. The van der Waals surface area contributed by atoms with Gasteiger partial charge in [0.2, 0.25) is 0 Å². The Balaban J connectivity index is 2.99. The highest BCUT2D eigenvalue weighted by Gasteiger charge is 2.28. The second-order valence-corrected chi connectivity index (χ2v) is 4.38. The summed E-state index contributed by atoms with van der Waals surface area (Å²) < 4.78 is 37.5. The van der Waals surface area contributed by atoms with E-state index in [0.29, 0.717) is 11.0 Å². The van der Waals surface area contributed by atoms with Crippen molar-refractivity contribution in [1.29, 1.82) is 0 Å². The topological polar surface area (TPSA) is 51.1 Å². The Hall–Kier alpha value is -1.31. The van der Waals surface area contributed by atoms with Crippen molar-refractivity contribution in [1.82, 2.24) is 9.88 Å². The van der Waals surface area contributed by atoms with Crippen LogP contribution in [0.1, 0.15) is 17.3 Å². The standard InChI is InChI=1S/C10H10BrF3N2O2/c1-2-16-4-6(11)3-7(9(16)18)8(17)15-5-10(12,13)14/h3-4H,2,5H2,1H3,(H,15,17). The quantitative estimate of drug-likeness (QED) is 0.922. The van der Waals surface area contributed by atoms with Crippen molar-refractivity contribution in [2.45, 2.75) is 19.6 Å². The van der Waals surface area contributed by atoms with E-state index in [0.717, 1.165) is 0 Å². The van der Waals surface area contributed by atoms with Gasteiger partial charge in [0.15, 0.2) is 0 Å². The number of amides is 1. The number of pyridine rings is 1. The van der Waals surface area contributed by atoms with Crippen molar-refractivity contribution in [3.05, 3.63) is 32.7 Å². The summed E-state index contributed by atoms with van der Waals surface area (Å²) in [6, 6.07) is 1.19. The molecule has 0 unspecified atom stereocenters. The van der Waals surface area contributed by atoms with Crippen molar-refractivity contribution in [2.24, 2.45) is 0 Å². The molecule has 1 aromatic rings. The van der Waals surface area contributed by atoms with E-state index in [4.69, 9.17) is 0 Å². The fourth-order valence-corrected chi connectivity index (χ4v) is 1.75. The van der Waals surface area contributed by atoms with E-state index < -0.39 is 24.2 Å². The summed E-state index contributed by atoms with van der Waals surface area (Å²) in [6.07, 6.45) is -3.05. The zero-order valence-corrected chi connectivity index (χ0v) is 10.9. The summed E-state index contributed by atoms with van der Waals surface area (Å²) in [7, 11) is 0. The van der Waals surface area contributed by atoms with Crippen LogP contribution in [0.15, 0.2) is 21.5 Å². The van der Waals surface area contributed by atoms with Crippen LogP contribution in [0.5, 0.6) is 0 Å². The number of nitrogens with zero attached hydrogens (tertiary/aromatic N) is 1. The van der Waals surface area contributed by atoms with Crippen LogP contribution in [0.2, 0.25) is 0 Å². The van der Waals surface area contributed by atoms with Crippen LogP contribution >= 0.6 is 15.9 Å². The number of hydrogen-bond acceptors (Lipinski definition) is 2. The summed E-state index contributed by atoms with van der Waals surface area (Å²) in [5, 5.41) is 1.66. The fourth-order valence-electron chi connectivity index (χ4n) is 1.27. The van der Waals surface area contributed by atoms with Crippen LogP contribution in [0.3, 0.4) is 0 Å². The molecule has 8 heteroatoms. The van der Waals surface area contributed by atoms with E-state index in [2.05, 4.69) is 15.9 Å². The van der Waals surface area contributed by atoms with Gasteiger partial charge in [0.1, 0.15) is 12.1 Å². The van der Waals surface area contributed by atoms with E-state index in [9.17, 15) is 22.8 Å². The average Bonchev–Trinajstić information content (AvgIpc) is 2.27. The van der Waals surface area contributed by atoms with Crippen molar-refractivity contribution in [3.63, 3.8) is 0 Å². The Morgan fingerprint density at radius 3 is 2.61 bits per heavy atom. The molecule has 0 spiro atoms. The maximum absolute atomic E-state index is 11.9. The van der Waals surface area contributed by atoms with E-state index in [-0.39, 0.29) is 5.56 Å². The molecule has 0 bridgehead atoms. The van der Waals surface area contributed by atoms with Gasteiger partial charge in [0, 0.05) is 17.2 Å². The molecule has 1 heterocycles. The maximum atomic E-state index is 11.9. The number of alkyl halides is 3. The highest BCUT2D eigenvalue weighted by molar-refractivity contribution is 9.10. The van der Waals surface area contributed by atoms with E-state index in [1.165, 1.54) is 16.8 Å². The number of nitrogens with one attached hydrogen (secondary N) is 1. The molecule has 0 aliphatic carbocycles. The summed E-state index contributed by atoms with van der Waals surface area (Å²) in [5.74, 6) is -1.04. The van der Waals surface area contributed by atoms with Gasteiger partial charge in [-0.2, -0.15) is 13.2 Å². The third-order valence-electron chi connectivity index (χ3n) is 2.09. The Morgan fingerprint density at radius 1 is 1.50 bits per heavy atom. The lowest BCUT2D eigenvalue weighted by Gasteiger charge is -2.10. The second kappa shape index (κ2) is 5.55. The van der Waals surface area contributed by atoms with E-state index in [1.54, 1.807) is 12.2 Å². The second-order valence-electron chi connectivity index (χ2n) is 3.46. The molecule has 1 aromatic heterocycles. The van der Waals surface area contributed by atoms with Crippen LogP contribution in [-0.2, 0) is 6.54 Å². The SMILES string of the molecule is CCn1cc(Br)cc(C(=O)NCC(F)(F)F)c1=O. The lowest BCUT2D eigenvalue weighted by atomic mass is 10.2. The van der Waals surface area contributed by atoms with Crippen molar-refractivity contribution >= 4 is 21.8 Å². The zero-order chi connectivity index (χ0) is 13.9. The predicted molar refractivity (Wildman–Crippen MR) is 62.5 cm³/mol. The fraction of sp³-hybridized carbons (Fsp3) is 0.400. The molecule has 0 fully saturated rings. The first-order chi connectivity index (χ1) is 8.24. The molecule has 1 N–H and O–H groups in total. The zero-order valence-electron chi connectivity index (χ0n) is 9.34. The molecular weight excluding hydrogens is 317 g/mol. The monoisotopic (exact) mass is 326 g/mol. The van der Waals surface area contributed by atoms with Gasteiger partial charge >= 0.3 is 6.18 Å². The van der Waals surface area contributed by atoms with Crippen molar-refractivity contribution in [2.75, 3.05) is 6.54 Å². The first-order valence-corrected chi connectivity index (χ1v) is 5.79. The molecule has 0 aromatic carbocycles. The molecule has 1 amide bonds. The molecular formula is C10H10BrF3N2O2. The molecule has 4 nitrogen and oxygen atoms in total. The largest absolute Gasteiger partial charge is 0.405 e. The van der Waals surface area contributed by atoms with Gasteiger partial charge in [-0.3, -0.25) is 9.59 Å². The predicted octanol–water partition coefficient (Wildman–Crippen LogP) is 1.92. The summed E-state index contributed by atoms with van der Waals surface area (Å²) in [4.78, 5) is 23.2. The molecule has 0 aliphatic heterocycles. The van der Waals surface area contributed by atoms with Crippen LogP contribution in [0.25, 0.3) is 0 Å². The van der Waals surface area contributed by atoms with E-state index >= 15 is 0 Å². The molecule has 0 aliphatic rings. The highest BCUT2D eigenvalue weighted by atomic mass is 79.9. The number of hydrogen-bond donors (Lipinski definition) is 1. The van der Waals surface area contributed by atoms with Crippen molar-refractivity contribution in [3.8, 4) is 0 Å². The van der Waals surface area contributed by atoms with Crippen LogP contribution in [0, 0.1) is 0 Å². The highest BCUT2D eigenvalue weighted by Crippen LogP contribution is 2.13. The average molecular weight is 327 g/mol. The number of aromatic nitrogens is 1. The molecule has 0 saturated carbocycles. The summed E-state index contributed by atoms with van der Waals surface area (Å²) in [5.41, 5.74) is -0.948. The van der Waals surface area contributed by atoms with Gasteiger partial charge in [0.05, 0.1) is 0 Å². The lowest BCUT2D eigenvalue weighted by molar-refractivity contribution is -0.123. The van der Waals surface area contributed by atoms with Gasteiger partial charge in [0.25, 0.3) is 11.5 Å². The van der Waals surface area contributed by atoms with Gasteiger partial charge in [-0.1, -0.05) is 0 Å². The summed E-state index contributed by atoms with van der Waals surface area (Å²) >= 11 is 3.08. The van der Waals surface area contributed by atoms with Crippen molar-refractivity contribution < 1.29 is 18.0 Å². The Morgan fingerprint density at radius 2 is 2.11 bits per heavy atom. The van der Waals surface area contributed by atoms with Gasteiger partial charge in [-0.05, 0) is 28.9 Å². The Labute approximate surface area is 109 Å². The van der Waals surface area contributed by atoms with Crippen LogP contribution in [0.4, 0.5) is 13.2 Å². The lowest BCUT2D eigenvalue weighted by Crippen LogP contribution is -2.37. The normalized spacial score (nSPS) is 11.4. The third kappa shape index (κ3) is 3.86. The first kappa shape index (κ1) is 14.7. The maximum Gasteiger partial charge on any atom is 0.405 e. The third-order valence-corrected chi connectivity index (χ3v) is 2.52. The number of halogens is 4. The molecule has 100 valence electrons. The minimum Gasteiger partial charge on any atom is -0.343 e. The number of carbonyl (C=O) groups excluding carboxylic acids is 1.